The Morgan fingerprint density at radius 3 is 2.52 bits per heavy atom. The first-order valence-corrected chi connectivity index (χ1v) is 7.93. The first kappa shape index (κ1) is 15.5. The number of carbonyl (C=O) groups excluding carboxylic acids is 2. The number of hydrogen-bond acceptors (Lipinski definition) is 3. The third-order valence-corrected chi connectivity index (χ3v) is 4.37. The second kappa shape index (κ2) is 6.79. The highest BCUT2D eigenvalue weighted by Gasteiger charge is 2.23. The molecule has 0 spiro atoms. The van der Waals surface area contributed by atoms with E-state index in [-0.39, 0.29) is 11.7 Å². The number of nitrogens with zero attached hydrogens (tertiary/aromatic N) is 1. The summed E-state index contributed by atoms with van der Waals surface area (Å²) in [5.74, 6) is -0.0101. The van der Waals surface area contributed by atoms with Gasteiger partial charge >= 0.3 is 0 Å². The molecule has 0 radical (unpaired) electrons. The minimum atomic E-state index is -0.0431. The summed E-state index contributed by atoms with van der Waals surface area (Å²) >= 11 is 0. The topological polar surface area (TPSA) is 65.2 Å². The highest BCUT2D eigenvalue weighted by Crippen LogP contribution is 2.16. The van der Waals surface area contributed by atoms with E-state index in [0.717, 1.165) is 25.9 Å². The van der Waals surface area contributed by atoms with Crippen LogP contribution >= 0.6 is 0 Å². The van der Waals surface area contributed by atoms with E-state index in [1.54, 1.807) is 42.7 Å². The minimum Gasteiger partial charge on any atom is -0.367 e. The second-order valence-corrected chi connectivity index (χ2v) is 5.89. The van der Waals surface area contributed by atoms with E-state index >= 15 is 0 Å². The number of piperidine rings is 1. The molecule has 1 unspecified atom stereocenters. The average molecular weight is 311 g/mol. The van der Waals surface area contributed by atoms with E-state index in [4.69, 9.17) is 0 Å². The van der Waals surface area contributed by atoms with Crippen LogP contribution in [-0.2, 0) is 0 Å². The van der Waals surface area contributed by atoms with E-state index in [9.17, 15) is 9.59 Å². The van der Waals surface area contributed by atoms with Crippen molar-refractivity contribution in [1.82, 2.24) is 15.2 Å². The molecular formula is C18H21N3O2. The number of aromatic amines is 1. The molecule has 1 fully saturated rings. The van der Waals surface area contributed by atoms with Gasteiger partial charge in [0.25, 0.3) is 5.91 Å². The molecule has 3 rings (SSSR count). The zero-order valence-electron chi connectivity index (χ0n) is 13.2. The molecule has 2 N–H and O–H groups in total. The Hall–Kier alpha value is -2.40. The van der Waals surface area contributed by atoms with E-state index in [0.29, 0.717) is 22.7 Å². The van der Waals surface area contributed by atoms with Crippen molar-refractivity contribution in [3.63, 3.8) is 0 Å². The maximum atomic E-state index is 12.6. The van der Waals surface area contributed by atoms with Gasteiger partial charge in [0.1, 0.15) is 0 Å². The fraction of sp³-hybridized carbons (Fsp3) is 0.333. The molecule has 1 aromatic carbocycles. The summed E-state index contributed by atoms with van der Waals surface area (Å²) in [6, 6.07) is 9.04. The maximum Gasteiger partial charge on any atom is 0.253 e. The SMILES string of the molecule is CNC1CCCN(C(=O)c2ccc(C(=O)c3cc[nH]c3)cc2)C1. The predicted molar refractivity (Wildman–Crippen MR) is 88.7 cm³/mol. The first-order valence-electron chi connectivity index (χ1n) is 7.93. The van der Waals surface area contributed by atoms with Crippen molar-refractivity contribution in [2.75, 3.05) is 20.1 Å². The van der Waals surface area contributed by atoms with Crippen LogP contribution in [0.4, 0.5) is 0 Å². The molecule has 1 atom stereocenters. The number of likely N-dealkylation sites (tertiary alicyclic amines) is 1. The number of nitrogens with one attached hydrogen (secondary N) is 2. The molecule has 1 aliphatic rings. The van der Waals surface area contributed by atoms with E-state index in [1.807, 2.05) is 11.9 Å². The van der Waals surface area contributed by atoms with Gasteiger partial charge in [-0.05, 0) is 38.1 Å². The van der Waals surface area contributed by atoms with Crippen molar-refractivity contribution in [1.29, 1.82) is 0 Å². The number of hydrogen-bond donors (Lipinski definition) is 2. The van der Waals surface area contributed by atoms with Crippen molar-refractivity contribution in [2.24, 2.45) is 0 Å². The highest BCUT2D eigenvalue weighted by atomic mass is 16.2. The molecular weight excluding hydrogens is 290 g/mol. The largest absolute Gasteiger partial charge is 0.367 e. The number of amides is 1. The van der Waals surface area contributed by atoms with Crippen LogP contribution in [0.3, 0.4) is 0 Å². The first-order chi connectivity index (χ1) is 11.2. The third kappa shape index (κ3) is 3.35. The Labute approximate surface area is 135 Å². The number of aromatic nitrogens is 1. The van der Waals surface area contributed by atoms with Crippen LogP contribution in [0.15, 0.2) is 42.7 Å². The van der Waals surface area contributed by atoms with Gasteiger partial charge in [0.2, 0.25) is 0 Å². The number of carbonyl (C=O) groups is 2. The van der Waals surface area contributed by atoms with Gasteiger partial charge in [-0.3, -0.25) is 9.59 Å². The maximum absolute atomic E-state index is 12.6. The quantitative estimate of drug-likeness (QED) is 0.850. The summed E-state index contributed by atoms with van der Waals surface area (Å²) in [5.41, 5.74) is 1.84. The van der Waals surface area contributed by atoms with Crippen LogP contribution in [-0.4, -0.2) is 47.8 Å². The minimum absolute atomic E-state index is 0.0330. The van der Waals surface area contributed by atoms with Gasteiger partial charge in [-0.2, -0.15) is 0 Å². The Kier molecular flexibility index (Phi) is 4.57. The Balaban J connectivity index is 1.71. The Bertz CT molecular complexity index is 677. The zero-order chi connectivity index (χ0) is 16.2. The summed E-state index contributed by atoms with van der Waals surface area (Å²) in [6.07, 6.45) is 5.51. The molecule has 23 heavy (non-hydrogen) atoms. The molecule has 1 saturated heterocycles. The molecule has 2 heterocycles. The smallest absolute Gasteiger partial charge is 0.253 e. The molecule has 0 aliphatic carbocycles. The van der Waals surface area contributed by atoms with E-state index < -0.39 is 0 Å². The van der Waals surface area contributed by atoms with Crippen molar-refractivity contribution < 1.29 is 9.59 Å². The molecule has 5 nitrogen and oxygen atoms in total. The summed E-state index contributed by atoms with van der Waals surface area (Å²) in [7, 11) is 1.93. The molecule has 120 valence electrons. The Morgan fingerprint density at radius 2 is 1.87 bits per heavy atom. The van der Waals surface area contributed by atoms with Gasteiger partial charge in [-0.15, -0.1) is 0 Å². The summed E-state index contributed by atoms with van der Waals surface area (Å²) in [6.45, 7) is 1.53. The number of ketones is 1. The van der Waals surface area contributed by atoms with Crippen molar-refractivity contribution in [2.45, 2.75) is 18.9 Å². The van der Waals surface area contributed by atoms with E-state index in [2.05, 4.69) is 10.3 Å². The standard InChI is InChI=1S/C18H21N3O2/c1-19-16-3-2-10-21(12-16)18(23)14-6-4-13(5-7-14)17(22)15-8-9-20-11-15/h4-9,11,16,19-20H,2-3,10,12H2,1H3. The lowest BCUT2D eigenvalue weighted by Crippen LogP contribution is -2.46. The molecule has 1 aromatic heterocycles. The van der Waals surface area contributed by atoms with Gasteiger partial charge in [0, 0.05) is 48.2 Å². The molecule has 5 heteroatoms. The van der Waals surface area contributed by atoms with Gasteiger partial charge in [-0.25, -0.2) is 0 Å². The molecule has 1 aliphatic heterocycles. The van der Waals surface area contributed by atoms with E-state index in [1.165, 1.54) is 0 Å². The lowest BCUT2D eigenvalue weighted by atomic mass is 10.0. The van der Waals surface area contributed by atoms with Crippen LogP contribution < -0.4 is 5.32 Å². The monoisotopic (exact) mass is 311 g/mol. The van der Waals surface area contributed by atoms with Crippen LogP contribution in [0.1, 0.15) is 39.1 Å². The van der Waals surface area contributed by atoms with Crippen molar-refractivity contribution >= 4 is 11.7 Å². The zero-order valence-corrected chi connectivity index (χ0v) is 13.2. The number of likely N-dealkylation sites (N-methyl/N-ethyl adjacent to an activating group) is 1. The molecule has 0 bridgehead atoms. The molecule has 0 saturated carbocycles. The molecule has 2 aromatic rings. The number of benzene rings is 1. The van der Waals surface area contributed by atoms with Crippen molar-refractivity contribution in [3.05, 3.63) is 59.4 Å². The van der Waals surface area contributed by atoms with Gasteiger partial charge in [0.15, 0.2) is 5.78 Å². The van der Waals surface area contributed by atoms with Crippen LogP contribution in [0.2, 0.25) is 0 Å². The third-order valence-electron chi connectivity index (χ3n) is 4.37. The predicted octanol–water partition coefficient (Wildman–Crippen LogP) is 2.07. The number of H-pyrrole nitrogens is 1. The number of rotatable bonds is 4. The summed E-state index contributed by atoms with van der Waals surface area (Å²) in [5, 5.41) is 3.24. The van der Waals surface area contributed by atoms with Crippen LogP contribution in [0.5, 0.6) is 0 Å². The van der Waals surface area contributed by atoms with Crippen LogP contribution in [0.25, 0.3) is 0 Å². The molecule has 1 amide bonds. The highest BCUT2D eigenvalue weighted by molar-refractivity contribution is 6.09. The Morgan fingerprint density at radius 1 is 1.13 bits per heavy atom. The summed E-state index contributed by atoms with van der Waals surface area (Å²) in [4.78, 5) is 29.6. The van der Waals surface area contributed by atoms with Crippen molar-refractivity contribution in [3.8, 4) is 0 Å². The summed E-state index contributed by atoms with van der Waals surface area (Å²) < 4.78 is 0. The second-order valence-electron chi connectivity index (χ2n) is 5.89. The lowest BCUT2D eigenvalue weighted by Gasteiger charge is -2.32. The normalized spacial score (nSPS) is 18.0. The lowest BCUT2D eigenvalue weighted by molar-refractivity contribution is 0.0698. The fourth-order valence-electron chi connectivity index (χ4n) is 2.98. The fourth-order valence-corrected chi connectivity index (χ4v) is 2.98. The van der Waals surface area contributed by atoms with Gasteiger partial charge < -0.3 is 15.2 Å². The van der Waals surface area contributed by atoms with Gasteiger partial charge in [0.05, 0.1) is 0 Å². The van der Waals surface area contributed by atoms with Crippen LogP contribution in [0, 0.1) is 0 Å². The average Bonchev–Trinajstić information content (AvgIpc) is 3.15. The van der Waals surface area contributed by atoms with Gasteiger partial charge in [-0.1, -0.05) is 12.1 Å².